The summed E-state index contributed by atoms with van der Waals surface area (Å²) in [6, 6.07) is 3.01. The van der Waals surface area contributed by atoms with E-state index in [2.05, 4.69) is 15.9 Å². The number of carbonyl (C=O) groups is 1. The minimum atomic E-state index is -1.05. The summed E-state index contributed by atoms with van der Waals surface area (Å²) in [6.45, 7) is 0. The number of benzene rings is 1. The Kier molecular flexibility index (Phi) is 3.74. The van der Waals surface area contributed by atoms with Crippen molar-refractivity contribution in [1.29, 1.82) is 0 Å². The van der Waals surface area contributed by atoms with Gasteiger partial charge in [0.15, 0.2) is 0 Å². The average molecular weight is 272 g/mol. The molecule has 0 aliphatic carbocycles. The third kappa shape index (κ3) is 2.99. The van der Waals surface area contributed by atoms with Crippen molar-refractivity contribution in [2.45, 2.75) is 0 Å². The van der Waals surface area contributed by atoms with E-state index < -0.39 is 5.97 Å². The van der Waals surface area contributed by atoms with Crippen molar-refractivity contribution in [3.05, 3.63) is 28.2 Å². The van der Waals surface area contributed by atoms with Crippen LogP contribution in [0.15, 0.2) is 22.7 Å². The van der Waals surface area contributed by atoms with Gasteiger partial charge < -0.3 is 14.9 Å². The smallest absolute Gasteiger partial charge is 0.328 e. The highest BCUT2D eigenvalue weighted by molar-refractivity contribution is 9.10. The minimum absolute atomic E-state index is 0.175. The number of carboxylic acid groups (broad SMARTS) is 1. The van der Waals surface area contributed by atoms with Gasteiger partial charge in [-0.1, -0.05) is 21.7 Å². The number of hydrogen-bond donors (Lipinski definition) is 1. The van der Waals surface area contributed by atoms with Gasteiger partial charge in [-0.25, -0.2) is 4.79 Å². The summed E-state index contributed by atoms with van der Waals surface area (Å²) in [7, 11) is 1.38. The second-order valence-corrected chi connectivity index (χ2v) is 3.56. The Morgan fingerprint density at radius 1 is 1.60 bits per heavy atom. The maximum absolute atomic E-state index is 11.4. The lowest BCUT2D eigenvalue weighted by Crippen LogP contribution is -1.96. The second kappa shape index (κ2) is 4.84. The molecule has 0 bridgehead atoms. The van der Waals surface area contributed by atoms with Crippen molar-refractivity contribution in [2.75, 3.05) is 7.11 Å². The molecular formula is C10H8BrO4-. The summed E-state index contributed by atoms with van der Waals surface area (Å²) in [5, 5.41) is 19.8. The van der Waals surface area contributed by atoms with Crippen LogP contribution in [0.25, 0.3) is 6.08 Å². The fraction of sp³-hybridized carbons (Fsp3) is 0.100. The molecule has 0 fully saturated rings. The van der Waals surface area contributed by atoms with Crippen molar-refractivity contribution in [3.63, 3.8) is 0 Å². The molecule has 0 aliphatic rings. The summed E-state index contributed by atoms with van der Waals surface area (Å²) in [4.78, 5) is 10.3. The van der Waals surface area contributed by atoms with Crippen molar-refractivity contribution >= 4 is 28.0 Å². The molecule has 0 saturated heterocycles. The van der Waals surface area contributed by atoms with Crippen LogP contribution in [0.3, 0.4) is 0 Å². The molecule has 0 unspecified atom stereocenters. The Labute approximate surface area is 94.9 Å². The Balaban J connectivity index is 3.11. The van der Waals surface area contributed by atoms with Crippen LogP contribution >= 0.6 is 15.9 Å². The first kappa shape index (κ1) is 11.6. The fourth-order valence-corrected chi connectivity index (χ4v) is 1.46. The summed E-state index contributed by atoms with van der Waals surface area (Å²) in [5.41, 5.74) is 0.584. The highest BCUT2D eigenvalue weighted by Crippen LogP contribution is 2.33. The van der Waals surface area contributed by atoms with Crippen LogP contribution in [0, 0.1) is 0 Å². The van der Waals surface area contributed by atoms with Crippen LogP contribution in [-0.2, 0) is 4.79 Å². The Bertz CT molecular complexity index is 412. The van der Waals surface area contributed by atoms with E-state index >= 15 is 0 Å². The number of rotatable bonds is 3. The normalized spacial score (nSPS) is 10.5. The third-order valence-electron chi connectivity index (χ3n) is 1.67. The van der Waals surface area contributed by atoms with Gasteiger partial charge in [0, 0.05) is 10.5 Å². The highest BCUT2D eigenvalue weighted by atomic mass is 79.9. The van der Waals surface area contributed by atoms with Crippen LogP contribution < -0.4 is 9.84 Å². The van der Waals surface area contributed by atoms with Gasteiger partial charge in [0.25, 0.3) is 0 Å². The molecule has 80 valence electrons. The Morgan fingerprint density at radius 2 is 2.27 bits per heavy atom. The summed E-state index contributed by atoms with van der Waals surface area (Å²) in [5.74, 6) is -1.13. The van der Waals surface area contributed by atoms with Crippen molar-refractivity contribution in [2.24, 2.45) is 0 Å². The van der Waals surface area contributed by atoms with E-state index in [4.69, 9.17) is 9.84 Å². The van der Waals surface area contributed by atoms with E-state index in [1.54, 1.807) is 0 Å². The molecule has 1 rings (SSSR count). The van der Waals surface area contributed by atoms with Gasteiger partial charge in [-0.3, -0.25) is 0 Å². The van der Waals surface area contributed by atoms with Crippen LogP contribution in [-0.4, -0.2) is 18.2 Å². The van der Waals surface area contributed by atoms with Gasteiger partial charge in [0.1, 0.15) is 5.75 Å². The first-order chi connectivity index (χ1) is 7.04. The summed E-state index contributed by atoms with van der Waals surface area (Å²) in [6.07, 6.45) is 2.38. The molecule has 15 heavy (non-hydrogen) atoms. The SMILES string of the molecule is COc1cc(C=CC(=O)O)cc(Br)c1[O-]. The average Bonchev–Trinajstić information content (AvgIpc) is 2.19. The summed E-state index contributed by atoms with van der Waals surface area (Å²) >= 11 is 3.07. The third-order valence-corrected chi connectivity index (χ3v) is 2.26. The second-order valence-electron chi connectivity index (χ2n) is 2.71. The Morgan fingerprint density at radius 3 is 2.80 bits per heavy atom. The van der Waals surface area contributed by atoms with E-state index in [1.165, 1.54) is 25.3 Å². The molecule has 5 heteroatoms. The monoisotopic (exact) mass is 271 g/mol. The van der Waals surface area contributed by atoms with E-state index in [-0.39, 0.29) is 11.5 Å². The molecule has 0 saturated carbocycles. The lowest BCUT2D eigenvalue weighted by molar-refractivity contribution is -0.271. The number of methoxy groups -OCH3 is 1. The van der Waals surface area contributed by atoms with Gasteiger partial charge in [0.05, 0.1) is 7.11 Å². The molecule has 0 aliphatic heterocycles. The van der Waals surface area contributed by atoms with Crippen molar-refractivity contribution in [1.82, 2.24) is 0 Å². The van der Waals surface area contributed by atoms with Gasteiger partial charge in [0.2, 0.25) is 0 Å². The number of aliphatic carboxylic acids is 1. The van der Waals surface area contributed by atoms with Crippen molar-refractivity contribution in [3.8, 4) is 11.5 Å². The topological polar surface area (TPSA) is 69.6 Å². The number of carboxylic acids is 1. The number of halogens is 1. The summed E-state index contributed by atoms with van der Waals surface area (Å²) < 4.78 is 5.19. The molecule has 0 amide bonds. The predicted molar refractivity (Wildman–Crippen MR) is 56.8 cm³/mol. The molecule has 0 spiro atoms. The first-order valence-electron chi connectivity index (χ1n) is 4.00. The Hall–Kier alpha value is -1.49. The molecule has 1 N–H and O–H groups in total. The van der Waals surface area contributed by atoms with Crippen LogP contribution in [0.5, 0.6) is 11.5 Å². The molecule has 0 aromatic heterocycles. The molecule has 0 atom stereocenters. The minimum Gasteiger partial charge on any atom is -0.869 e. The lowest BCUT2D eigenvalue weighted by atomic mass is 10.2. The van der Waals surface area contributed by atoms with Crippen molar-refractivity contribution < 1.29 is 19.7 Å². The zero-order valence-electron chi connectivity index (χ0n) is 7.86. The molecule has 1 aromatic carbocycles. The van der Waals surface area contributed by atoms with E-state index in [9.17, 15) is 9.90 Å². The molecule has 1 aromatic rings. The lowest BCUT2D eigenvalue weighted by Gasteiger charge is -2.15. The number of hydrogen-bond acceptors (Lipinski definition) is 3. The fourth-order valence-electron chi connectivity index (χ4n) is 1.00. The van der Waals surface area contributed by atoms with Gasteiger partial charge in [-0.2, -0.15) is 0 Å². The standard InChI is InChI=1S/C10H9BrO4/c1-15-8-5-6(2-3-9(12)13)4-7(11)10(8)14/h2-5,14H,1H3,(H,12,13)/p-1. The van der Waals surface area contributed by atoms with Gasteiger partial charge >= 0.3 is 5.97 Å². The molecule has 0 heterocycles. The quantitative estimate of drug-likeness (QED) is 0.849. The van der Waals surface area contributed by atoms with Gasteiger partial charge in [-0.15, -0.1) is 0 Å². The predicted octanol–water partition coefficient (Wildman–Crippen LogP) is 1.63. The largest absolute Gasteiger partial charge is 0.869 e. The van der Waals surface area contributed by atoms with Crippen LogP contribution in [0.2, 0.25) is 0 Å². The maximum atomic E-state index is 11.4. The zero-order chi connectivity index (χ0) is 11.4. The van der Waals surface area contributed by atoms with Gasteiger partial charge in [-0.05, 0) is 23.8 Å². The zero-order valence-corrected chi connectivity index (χ0v) is 9.45. The first-order valence-corrected chi connectivity index (χ1v) is 4.79. The van der Waals surface area contributed by atoms with E-state index in [0.29, 0.717) is 10.0 Å². The van der Waals surface area contributed by atoms with Crippen LogP contribution in [0.1, 0.15) is 5.56 Å². The maximum Gasteiger partial charge on any atom is 0.328 e. The molecule has 4 nitrogen and oxygen atoms in total. The molecular weight excluding hydrogens is 264 g/mol. The molecule has 0 radical (unpaired) electrons. The highest BCUT2D eigenvalue weighted by Gasteiger charge is 2.00. The number of ether oxygens (including phenoxy) is 1. The van der Waals surface area contributed by atoms with Crippen LogP contribution in [0.4, 0.5) is 0 Å². The van der Waals surface area contributed by atoms with E-state index in [0.717, 1.165) is 6.08 Å². The van der Waals surface area contributed by atoms with E-state index in [1.807, 2.05) is 0 Å².